The molecule has 0 spiro atoms. The molecule has 31 heavy (non-hydrogen) atoms. The van der Waals surface area contributed by atoms with E-state index in [-0.39, 0.29) is 18.0 Å². The van der Waals surface area contributed by atoms with E-state index < -0.39 is 0 Å². The fraction of sp³-hybridized carbons (Fsp3) is 0.130. The third kappa shape index (κ3) is 5.80. The van der Waals surface area contributed by atoms with Crippen molar-refractivity contribution in [1.29, 1.82) is 0 Å². The highest BCUT2D eigenvalue weighted by Crippen LogP contribution is 2.23. The van der Waals surface area contributed by atoms with Crippen molar-refractivity contribution in [2.45, 2.75) is 13.0 Å². The van der Waals surface area contributed by atoms with Crippen LogP contribution >= 0.6 is 28.7 Å². The van der Waals surface area contributed by atoms with E-state index in [1.54, 1.807) is 48.5 Å². The molecule has 3 aromatic rings. The lowest BCUT2D eigenvalue weighted by Crippen LogP contribution is -2.35. The number of anilines is 2. The molecule has 3 amide bonds. The van der Waals surface area contributed by atoms with Crippen molar-refractivity contribution in [2.75, 3.05) is 16.7 Å². The van der Waals surface area contributed by atoms with Crippen LogP contribution in [0.25, 0.3) is 0 Å². The van der Waals surface area contributed by atoms with E-state index in [1.165, 1.54) is 11.4 Å². The first-order valence-electron chi connectivity index (χ1n) is 9.48. The molecule has 0 aliphatic heterocycles. The van der Waals surface area contributed by atoms with Crippen molar-refractivity contribution < 1.29 is 14.3 Å². The van der Waals surface area contributed by atoms with Crippen molar-refractivity contribution in [3.8, 4) is 5.75 Å². The molecule has 0 saturated carbocycles. The zero-order chi connectivity index (χ0) is 22.4. The van der Waals surface area contributed by atoms with Crippen LogP contribution < -0.4 is 19.7 Å². The van der Waals surface area contributed by atoms with Crippen molar-refractivity contribution in [3.05, 3.63) is 88.4 Å². The van der Waals surface area contributed by atoms with Crippen LogP contribution in [0.5, 0.6) is 5.75 Å². The molecule has 8 heteroatoms. The maximum Gasteiger partial charge on any atom is 0.332 e. The van der Waals surface area contributed by atoms with Crippen LogP contribution in [0.2, 0.25) is 0 Å². The number of hydrogen-bond acceptors (Lipinski definition) is 4. The summed E-state index contributed by atoms with van der Waals surface area (Å²) in [6, 6.07) is 21.0. The average Bonchev–Trinajstić information content (AvgIpc) is 2.79. The fourth-order valence-electron chi connectivity index (χ4n) is 2.92. The largest absolute Gasteiger partial charge is 0.496 e. The highest BCUT2D eigenvalue weighted by Gasteiger charge is 2.16. The Morgan fingerprint density at radius 3 is 2.29 bits per heavy atom. The summed E-state index contributed by atoms with van der Waals surface area (Å²) >= 11 is 7.72. The van der Waals surface area contributed by atoms with Crippen LogP contribution in [0.1, 0.15) is 28.9 Å². The number of carbonyl (C=O) groups is 2. The van der Waals surface area contributed by atoms with E-state index in [9.17, 15) is 9.59 Å². The number of carbonyl (C=O) groups excluding carboxylic acids is 2. The van der Waals surface area contributed by atoms with E-state index in [4.69, 9.17) is 4.74 Å². The smallest absolute Gasteiger partial charge is 0.332 e. The molecule has 0 radical (unpaired) electrons. The molecule has 0 bridgehead atoms. The summed E-state index contributed by atoms with van der Waals surface area (Å²) in [7, 11) is 1.52. The molecular weight excluding hydrogens is 478 g/mol. The Morgan fingerprint density at radius 1 is 1.00 bits per heavy atom. The number of urea groups is 1. The van der Waals surface area contributed by atoms with Gasteiger partial charge in [-0.3, -0.25) is 4.79 Å². The number of amides is 3. The van der Waals surface area contributed by atoms with E-state index in [0.29, 0.717) is 22.7 Å². The van der Waals surface area contributed by atoms with Crippen molar-refractivity contribution in [3.63, 3.8) is 0 Å². The molecule has 0 unspecified atom stereocenters. The topological polar surface area (TPSA) is 70.7 Å². The molecule has 0 aliphatic rings. The lowest BCUT2D eigenvalue weighted by molar-refractivity contribution is 0.102. The Balaban J connectivity index is 1.62. The summed E-state index contributed by atoms with van der Waals surface area (Å²) in [5.74, 6) is 0.212. The van der Waals surface area contributed by atoms with Gasteiger partial charge in [0.25, 0.3) is 5.91 Å². The minimum atomic E-state index is -0.357. The first kappa shape index (κ1) is 22.7. The SMILES string of the molecule is COc1ccccc1C(=O)Nc1ccc(N(S)C(=O)N[C@@H](C)c2ccc(Br)cc2)cc1. The van der Waals surface area contributed by atoms with E-state index in [1.807, 2.05) is 31.2 Å². The van der Waals surface area contributed by atoms with Crippen molar-refractivity contribution >= 4 is 52.1 Å². The van der Waals surface area contributed by atoms with Crippen molar-refractivity contribution in [1.82, 2.24) is 5.32 Å². The normalized spacial score (nSPS) is 11.4. The first-order valence-corrected chi connectivity index (χ1v) is 10.7. The minimum Gasteiger partial charge on any atom is -0.496 e. The second kappa shape index (κ2) is 10.4. The van der Waals surface area contributed by atoms with Crippen LogP contribution in [0.3, 0.4) is 0 Å². The predicted molar refractivity (Wildman–Crippen MR) is 130 cm³/mol. The quantitative estimate of drug-likeness (QED) is 0.373. The highest BCUT2D eigenvalue weighted by molar-refractivity contribution is 9.10. The lowest BCUT2D eigenvalue weighted by atomic mass is 10.1. The van der Waals surface area contributed by atoms with Gasteiger partial charge >= 0.3 is 6.03 Å². The van der Waals surface area contributed by atoms with Gasteiger partial charge in [0.15, 0.2) is 0 Å². The Hall–Kier alpha value is -2.97. The van der Waals surface area contributed by atoms with Gasteiger partial charge in [0.2, 0.25) is 0 Å². The van der Waals surface area contributed by atoms with Crippen LogP contribution in [0.4, 0.5) is 16.2 Å². The van der Waals surface area contributed by atoms with Gasteiger partial charge in [-0.2, -0.15) is 0 Å². The molecular formula is C23H22BrN3O3S. The molecule has 0 saturated heterocycles. The monoisotopic (exact) mass is 499 g/mol. The number of ether oxygens (including phenoxy) is 1. The summed E-state index contributed by atoms with van der Waals surface area (Å²) < 4.78 is 7.42. The van der Waals surface area contributed by atoms with Gasteiger partial charge < -0.3 is 15.4 Å². The van der Waals surface area contributed by atoms with Crippen molar-refractivity contribution in [2.24, 2.45) is 0 Å². The van der Waals surface area contributed by atoms with Crippen LogP contribution in [-0.4, -0.2) is 19.0 Å². The van der Waals surface area contributed by atoms with Crippen LogP contribution in [-0.2, 0) is 0 Å². The van der Waals surface area contributed by atoms with E-state index in [2.05, 4.69) is 39.4 Å². The Morgan fingerprint density at radius 2 is 1.65 bits per heavy atom. The van der Waals surface area contributed by atoms with Gasteiger partial charge in [0.05, 0.1) is 24.4 Å². The molecule has 0 heterocycles. The molecule has 160 valence electrons. The highest BCUT2D eigenvalue weighted by atomic mass is 79.9. The Kier molecular flexibility index (Phi) is 7.59. The van der Waals surface area contributed by atoms with Gasteiger partial charge in [-0.25, -0.2) is 9.10 Å². The van der Waals surface area contributed by atoms with Gasteiger partial charge in [-0.05, 0) is 61.0 Å². The van der Waals surface area contributed by atoms with Crippen LogP contribution in [0.15, 0.2) is 77.3 Å². The number of thiol groups is 1. The van der Waals surface area contributed by atoms with Gasteiger partial charge in [0.1, 0.15) is 5.75 Å². The fourth-order valence-corrected chi connectivity index (χ4v) is 3.37. The lowest BCUT2D eigenvalue weighted by Gasteiger charge is -2.21. The number of halogens is 1. The minimum absolute atomic E-state index is 0.185. The standard InChI is InChI=1S/C23H22BrN3O3S/c1-15(16-7-9-17(24)10-8-16)25-23(29)27(31)19-13-11-18(12-14-19)26-22(28)20-5-3-4-6-21(20)30-2/h3-15,31H,1-2H3,(H,25,29)(H,26,28)/t15-/m0/s1. The number of nitrogens with one attached hydrogen (secondary N) is 2. The summed E-state index contributed by atoms with van der Waals surface area (Å²) in [6.07, 6.45) is 0. The summed E-state index contributed by atoms with van der Waals surface area (Å²) in [5, 5.41) is 5.73. The summed E-state index contributed by atoms with van der Waals surface area (Å²) in [5.41, 5.74) is 2.57. The molecule has 1 atom stereocenters. The number of benzene rings is 3. The zero-order valence-electron chi connectivity index (χ0n) is 17.0. The molecule has 6 nitrogen and oxygen atoms in total. The third-order valence-corrected chi connectivity index (χ3v) is 5.56. The number of methoxy groups -OCH3 is 1. The van der Waals surface area contributed by atoms with Gasteiger partial charge in [-0.1, -0.05) is 53.0 Å². The third-order valence-electron chi connectivity index (χ3n) is 4.62. The second-order valence-electron chi connectivity index (χ2n) is 6.74. The van der Waals surface area contributed by atoms with E-state index in [0.717, 1.165) is 10.0 Å². The molecule has 3 aromatic carbocycles. The van der Waals surface area contributed by atoms with Gasteiger partial charge in [0, 0.05) is 10.2 Å². The second-order valence-corrected chi connectivity index (χ2v) is 8.05. The molecule has 0 fully saturated rings. The molecule has 3 rings (SSSR count). The van der Waals surface area contributed by atoms with E-state index >= 15 is 0 Å². The summed E-state index contributed by atoms with van der Waals surface area (Å²) in [4.78, 5) is 25.1. The summed E-state index contributed by atoms with van der Waals surface area (Å²) in [6.45, 7) is 1.90. The number of hydrogen-bond donors (Lipinski definition) is 3. The average molecular weight is 500 g/mol. The number of rotatable bonds is 6. The maximum absolute atomic E-state index is 12.6. The first-order chi connectivity index (χ1) is 14.9. The number of nitrogens with zero attached hydrogens (tertiary/aromatic N) is 1. The molecule has 2 N–H and O–H groups in total. The maximum atomic E-state index is 12.6. The van der Waals surface area contributed by atoms with Gasteiger partial charge in [-0.15, -0.1) is 0 Å². The molecule has 0 aliphatic carbocycles. The molecule has 0 aromatic heterocycles. The predicted octanol–water partition coefficient (Wildman–Crippen LogP) is 5.83. The zero-order valence-corrected chi connectivity index (χ0v) is 19.5. The number of para-hydroxylation sites is 1. The van der Waals surface area contributed by atoms with Crippen LogP contribution in [0, 0.1) is 0 Å². The Labute approximate surface area is 195 Å². The Bertz CT molecular complexity index is 1060.